The third-order valence-electron chi connectivity index (χ3n) is 6.95. The van der Waals surface area contributed by atoms with E-state index >= 15 is 0 Å². The number of benzene rings is 3. The van der Waals surface area contributed by atoms with E-state index in [2.05, 4.69) is 20.9 Å². The van der Waals surface area contributed by atoms with Crippen molar-refractivity contribution in [3.05, 3.63) is 96.3 Å². The van der Waals surface area contributed by atoms with Crippen LogP contribution in [0.2, 0.25) is 0 Å². The lowest BCUT2D eigenvalue weighted by Crippen LogP contribution is -2.22. The van der Waals surface area contributed by atoms with E-state index in [-0.39, 0.29) is 19.1 Å². The highest BCUT2D eigenvalue weighted by atomic mass is 16.5. The lowest BCUT2D eigenvalue weighted by molar-refractivity contribution is -0.119. The summed E-state index contributed by atoms with van der Waals surface area (Å²) in [6, 6.07) is 23.5. The number of fused-ring (bicyclic) bond motifs is 1. The minimum absolute atomic E-state index is 0.0878. The molecular weight excluding hydrogens is 560 g/mol. The van der Waals surface area contributed by atoms with E-state index in [0.717, 1.165) is 22.0 Å². The number of pyridine rings is 1. The number of nitrogens with one attached hydrogen (secondary N) is 3. The van der Waals surface area contributed by atoms with Crippen molar-refractivity contribution < 1.29 is 24.2 Å². The number of aryl methyl sites for hydroxylation is 1. The Labute approximate surface area is 254 Å². The van der Waals surface area contributed by atoms with Crippen LogP contribution in [0.5, 0.6) is 11.5 Å². The number of hydrogen-bond acceptors (Lipinski definition) is 7. The average molecular weight is 595 g/mol. The Morgan fingerprint density at radius 3 is 2.41 bits per heavy atom. The molecule has 0 unspecified atom stereocenters. The van der Waals surface area contributed by atoms with Crippen LogP contribution < -0.4 is 20.7 Å². The first-order valence-corrected chi connectivity index (χ1v) is 14.0. The predicted octanol–water partition coefficient (Wildman–Crippen LogP) is 6.02. The Bertz CT molecular complexity index is 1800. The molecule has 0 radical (unpaired) electrons. The third-order valence-corrected chi connectivity index (χ3v) is 6.95. The van der Waals surface area contributed by atoms with Gasteiger partial charge in [-0.15, -0.1) is 0 Å². The maximum atomic E-state index is 13.3. The van der Waals surface area contributed by atoms with Crippen molar-refractivity contribution in [2.75, 3.05) is 36.3 Å². The lowest BCUT2D eigenvalue weighted by atomic mass is 9.91. The minimum Gasteiger partial charge on any atom is -0.457 e. The molecule has 0 aliphatic rings. The zero-order chi connectivity index (χ0) is 31.3. The number of aliphatic hydroxyl groups is 1. The number of carbonyl (C=O) groups excluding carboxylic acids is 2. The van der Waals surface area contributed by atoms with Crippen molar-refractivity contribution in [1.29, 1.82) is 0 Å². The summed E-state index contributed by atoms with van der Waals surface area (Å²) in [6.07, 6.45) is 1.54. The number of methoxy groups -OCH3 is 1. The Balaban J connectivity index is 1.39. The molecular formula is C33H34N6O5. The molecule has 0 aliphatic carbocycles. The standard InChI is InChI=1S/C33H34N6O5/c1-21-9-11-22(12-10-21)39-30(18-28(38-39)33(2,3)20-40)37-32(42)35-26-13-14-27(25-8-6-5-7-24(25)26)44-23-15-16-34-29(17-23)36-31(41)19-43-4/h5-18,40H,19-20H2,1-4H3,(H,34,36,41)(H2,35,37,42). The normalized spacial score (nSPS) is 11.3. The first-order chi connectivity index (χ1) is 21.2. The van der Waals surface area contributed by atoms with E-state index in [1.54, 1.807) is 35.0 Å². The van der Waals surface area contributed by atoms with Gasteiger partial charge in [0.05, 0.1) is 23.7 Å². The second-order valence-electron chi connectivity index (χ2n) is 10.9. The maximum absolute atomic E-state index is 13.3. The monoisotopic (exact) mass is 594 g/mol. The number of rotatable bonds is 10. The van der Waals surface area contributed by atoms with Crippen LogP contribution in [0.15, 0.2) is 85.1 Å². The van der Waals surface area contributed by atoms with Crippen LogP contribution >= 0.6 is 0 Å². The highest BCUT2D eigenvalue weighted by molar-refractivity contribution is 6.07. The first-order valence-electron chi connectivity index (χ1n) is 14.0. The molecule has 11 heteroatoms. The van der Waals surface area contributed by atoms with Gasteiger partial charge >= 0.3 is 6.03 Å². The molecule has 0 saturated carbocycles. The van der Waals surface area contributed by atoms with Gasteiger partial charge in [0.1, 0.15) is 29.7 Å². The second-order valence-corrected chi connectivity index (χ2v) is 10.9. The van der Waals surface area contributed by atoms with E-state index in [4.69, 9.17) is 14.6 Å². The Morgan fingerprint density at radius 1 is 0.932 bits per heavy atom. The highest BCUT2D eigenvalue weighted by Gasteiger charge is 2.25. The molecule has 0 aliphatic heterocycles. The zero-order valence-electron chi connectivity index (χ0n) is 24.9. The fourth-order valence-corrected chi connectivity index (χ4v) is 4.48. The van der Waals surface area contributed by atoms with Crippen LogP contribution in [0.25, 0.3) is 16.5 Å². The number of urea groups is 1. The number of aliphatic hydroxyl groups excluding tert-OH is 1. The van der Waals surface area contributed by atoms with E-state index in [0.29, 0.717) is 34.5 Å². The van der Waals surface area contributed by atoms with Gasteiger partial charge in [0, 0.05) is 41.6 Å². The molecule has 0 fully saturated rings. The van der Waals surface area contributed by atoms with Crippen molar-refractivity contribution in [2.45, 2.75) is 26.2 Å². The van der Waals surface area contributed by atoms with Gasteiger partial charge in [-0.05, 0) is 37.3 Å². The van der Waals surface area contributed by atoms with Gasteiger partial charge in [-0.25, -0.2) is 14.5 Å². The van der Waals surface area contributed by atoms with Crippen molar-refractivity contribution in [3.63, 3.8) is 0 Å². The summed E-state index contributed by atoms with van der Waals surface area (Å²) >= 11 is 0. The highest BCUT2D eigenvalue weighted by Crippen LogP contribution is 2.35. The van der Waals surface area contributed by atoms with Gasteiger partial charge in [0.2, 0.25) is 0 Å². The van der Waals surface area contributed by atoms with Crippen LogP contribution in [0.4, 0.5) is 22.1 Å². The predicted molar refractivity (Wildman–Crippen MR) is 170 cm³/mol. The molecule has 0 atom stereocenters. The van der Waals surface area contributed by atoms with Crippen molar-refractivity contribution in [2.24, 2.45) is 0 Å². The van der Waals surface area contributed by atoms with Crippen molar-refractivity contribution >= 4 is 40.0 Å². The molecule has 3 amide bonds. The number of carbonyl (C=O) groups is 2. The Hall–Kier alpha value is -5.26. The number of nitrogens with zero attached hydrogens (tertiary/aromatic N) is 3. The molecule has 0 bridgehead atoms. The average Bonchev–Trinajstić information content (AvgIpc) is 3.43. The number of aromatic nitrogens is 3. The van der Waals surface area contributed by atoms with E-state index in [9.17, 15) is 14.7 Å². The quantitative estimate of drug-likeness (QED) is 0.155. The molecule has 3 aromatic carbocycles. The lowest BCUT2D eigenvalue weighted by Gasteiger charge is -2.18. The topological polar surface area (TPSA) is 140 Å². The fourth-order valence-electron chi connectivity index (χ4n) is 4.48. The molecule has 44 heavy (non-hydrogen) atoms. The van der Waals surface area contributed by atoms with Crippen LogP contribution in [-0.4, -0.2) is 52.1 Å². The van der Waals surface area contributed by atoms with Gasteiger partial charge in [0.25, 0.3) is 5.91 Å². The van der Waals surface area contributed by atoms with Crippen LogP contribution in [0.3, 0.4) is 0 Å². The number of anilines is 3. The zero-order valence-corrected chi connectivity index (χ0v) is 24.9. The van der Waals surface area contributed by atoms with E-state index < -0.39 is 11.4 Å². The van der Waals surface area contributed by atoms with Crippen LogP contribution in [0.1, 0.15) is 25.1 Å². The summed E-state index contributed by atoms with van der Waals surface area (Å²) in [4.78, 5) is 29.4. The summed E-state index contributed by atoms with van der Waals surface area (Å²) in [7, 11) is 1.44. The smallest absolute Gasteiger partial charge is 0.324 e. The number of amides is 3. The molecule has 0 saturated heterocycles. The molecule has 11 nitrogen and oxygen atoms in total. The molecule has 2 aromatic heterocycles. The molecule has 2 heterocycles. The molecule has 0 spiro atoms. The summed E-state index contributed by atoms with van der Waals surface area (Å²) < 4.78 is 12.7. The van der Waals surface area contributed by atoms with Gasteiger partial charge in [-0.2, -0.15) is 5.10 Å². The van der Waals surface area contributed by atoms with Gasteiger partial charge in [-0.3, -0.25) is 10.1 Å². The van der Waals surface area contributed by atoms with E-state index in [1.165, 1.54) is 13.3 Å². The number of ether oxygens (including phenoxy) is 2. The van der Waals surface area contributed by atoms with E-state index in [1.807, 2.05) is 69.3 Å². The Kier molecular flexibility index (Phi) is 8.88. The van der Waals surface area contributed by atoms with Gasteiger partial charge in [0.15, 0.2) is 0 Å². The van der Waals surface area contributed by atoms with Crippen molar-refractivity contribution in [3.8, 4) is 17.2 Å². The van der Waals surface area contributed by atoms with Crippen LogP contribution in [0, 0.1) is 6.92 Å². The largest absolute Gasteiger partial charge is 0.457 e. The summed E-state index contributed by atoms with van der Waals surface area (Å²) in [5, 5.41) is 24.7. The SMILES string of the molecule is COCC(=O)Nc1cc(Oc2ccc(NC(=O)Nc3cc(C(C)(C)CO)nn3-c3ccc(C)cc3)c3ccccc23)ccn1. The minimum atomic E-state index is -0.611. The number of hydrogen-bond donors (Lipinski definition) is 4. The summed E-state index contributed by atoms with van der Waals surface area (Å²) in [5.41, 5.74) is 2.47. The van der Waals surface area contributed by atoms with Crippen LogP contribution in [-0.2, 0) is 14.9 Å². The molecule has 5 rings (SSSR count). The summed E-state index contributed by atoms with van der Waals surface area (Å²) in [5.74, 6) is 1.49. The summed E-state index contributed by atoms with van der Waals surface area (Å²) in [6.45, 7) is 5.58. The van der Waals surface area contributed by atoms with Gasteiger partial charge in [-0.1, -0.05) is 55.8 Å². The van der Waals surface area contributed by atoms with Gasteiger partial charge < -0.3 is 25.2 Å². The molecule has 5 aromatic rings. The molecule has 226 valence electrons. The molecule has 4 N–H and O–H groups in total. The fraction of sp³-hybridized carbons (Fsp3) is 0.212. The maximum Gasteiger partial charge on any atom is 0.324 e. The first kappa shape index (κ1) is 30.2. The third kappa shape index (κ3) is 6.86. The second kappa shape index (κ2) is 12.9. The Morgan fingerprint density at radius 2 is 1.68 bits per heavy atom. The van der Waals surface area contributed by atoms with Crippen molar-refractivity contribution in [1.82, 2.24) is 14.8 Å².